The molecular weight excluding hydrogens is 260 g/mol. The van der Waals surface area contributed by atoms with Gasteiger partial charge in [-0.1, -0.05) is 12.5 Å². The third-order valence-corrected chi connectivity index (χ3v) is 4.07. The van der Waals surface area contributed by atoms with E-state index in [2.05, 4.69) is 13.8 Å². The Bertz CT molecular complexity index is 698. The van der Waals surface area contributed by atoms with E-state index in [4.69, 9.17) is 4.42 Å². The molecule has 0 atom stereocenters. The van der Waals surface area contributed by atoms with Crippen molar-refractivity contribution in [3.8, 4) is 5.75 Å². The lowest BCUT2D eigenvalue weighted by molar-refractivity contribution is 0.473. The van der Waals surface area contributed by atoms with Crippen LogP contribution in [0.5, 0.6) is 5.75 Å². The van der Waals surface area contributed by atoms with E-state index in [1.165, 1.54) is 17.7 Å². The largest absolute Gasteiger partial charge is 0.508 e. The minimum atomic E-state index is -0.399. The fourth-order valence-corrected chi connectivity index (χ4v) is 2.90. The quantitative estimate of drug-likeness (QED) is 0.861. The number of phenols is 1. The first-order chi connectivity index (χ1) is 9.06. The fourth-order valence-electron chi connectivity index (χ4n) is 2.01. The molecule has 1 aromatic heterocycles. The van der Waals surface area contributed by atoms with Crippen molar-refractivity contribution in [1.29, 1.82) is 0 Å². The summed E-state index contributed by atoms with van der Waals surface area (Å²) in [5, 5.41) is 10.3. The van der Waals surface area contributed by atoms with Crippen LogP contribution in [-0.4, -0.2) is 11.4 Å². The van der Waals surface area contributed by atoms with E-state index < -0.39 is 5.63 Å². The van der Waals surface area contributed by atoms with Gasteiger partial charge in [0.15, 0.2) is 0 Å². The number of hydrogen-bond acceptors (Lipinski definition) is 4. The zero-order valence-electron chi connectivity index (χ0n) is 11.2. The van der Waals surface area contributed by atoms with E-state index in [9.17, 15) is 9.90 Å². The first-order valence-electron chi connectivity index (χ1n) is 6.07. The van der Waals surface area contributed by atoms with Crippen molar-refractivity contribution in [2.45, 2.75) is 20.3 Å². The predicted molar refractivity (Wildman–Crippen MR) is 80.5 cm³/mol. The number of hydrogen-bond donors (Lipinski definition) is 1. The molecule has 0 unspecified atom stereocenters. The van der Waals surface area contributed by atoms with Gasteiger partial charge in [0.2, 0.25) is 0 Å². The van der Waals surface area contributed by atoms with Crippen LogP contribution in [0.2, 0.25) is 0 Å². The second kappa shape index (κ2) is 5.53. The minimum Gasteiger partial charge on any atom is -0.508 e. The van der Waals surface area contributed by atoms with Crippen LogP contribution in [0.1, 0.15) is 25.8 Å². The second-order valence-electron chi connectivity index (χ2n) is 4.33. The Morgan fingerprint density at radius 1 is 1.37 bits per heavy atom. The molecule has 0 fully saturated rings. The van der Waals surface area contributed by atoms with Gasteiger partial charge < -0.3 is 9.52 Å². The summed E-state index contributed by atoms with van der Waals surface area (Å²) in [7, 11) is 0. The standard InChI is InChI=1S/C15H16O3S/c1-4-9(2)15(19-3)12-8-14(17)18-13-7-10(16)5-6-11(12)13/h5-8,16H,4H2,1-3H3/b15-9-. The van der Waals surface area contributed by atoms with Crippen LogP contribution in [0.25, 0.3) is 15.9 Å². The van der Waals surface area contributed by atoms with Crippen LogP contribution in [-0.2, 0) is 0 Å². The van der Waals surface area contributed by atoms with Crippen LogP contribution in [0.15, 0.2) is 39.1 Å². The average Bonchev–Trinajstić information content (AvgIpc) is 2.38. The zero-order valence-corrected chi connectivity index (χ0v) is 12.0. The first-order valence-corrected chi connectivity index (χ1v) is 7.30. The third-order valence-electron chi connectivity index (χ3n) is 3.09. The van der Waals surface area contributed by atoms with Gasteiger partial charge in [-0.3, -0.25) is 0 Å². The number of rotatable bonds is 3. The van der Waals surface area contributed by atoms with Gasteiger partial charge in [0.25, 0.3) is 0 Å². The molecule has 0 aliphatic heterocycles. The number of allylic oxidation sites excluding steroid dienone is 1. The summed E-state index contributed by atoms with van der Waals surface area (Å²) in [5.74, 6) is 0.0923. The van der Waals surface area contributed by atoms with Crippen molar-refractivity contribution in [1.82, 2.24) is 0 Å². The van der Waals surface area contributed by atoms with Crippen LogP contribution in [0.3, 0.4) is 0 Å². The Hall–Kier alpha value is -1.68. The SMILES string of the molecule is CC/C(C)=C(\SC)c1cc(=O)oc2cc(O)ccc12. The molecule has 4 heteroatoms. The van der Waals surface area contributed by atoms with E-state index in [0.717, 1.165) is 22.3 Å². The van der Waals surface area contributed by atoms with Gasteiger partial charge in [-0.15, -0.1) is 11.8 Å². The Kier molecular flexibility index (Phi) is 4.00. The maximum atomic E-state index is 11.7. The van der Waals surface area contributed by atoms with Gasteiger partial charge in [0, 0.05) is 28.0 Å². The van der Waals surface area contributed by atoms with Gasteiger partial charge in [-0.05, 0) is 31.7 Å². The summed E-state index contributed by atoms with van der Waals surface area (Å²) < 4.78 is 5.14. The molecule has 0 amide bonds. The average molecular weight is 276 g/mol. The molecular formula is C15H16O3S. The monoisotopic (exact) mass is 276 g/mol. The molecule has 0 aliphatic rings. The topological polar surface area (TPSA) is 50.4 Å². The van der Waals surface area contributed by atoms with E-state index in [0.29, 0.717) is 5.58 Å². The predicted octanol–water partition coefficient (Wildman–Crippen LogP) is 4.00. The van der Waals surface area contributed by atoms with Gasteiger partial charge in [-0.25, -0.2) is 4.79 Å². The van der Waals surface area contributed by atoms with Crippen molar-refractivity contribution in [3.63, 3.8) is 0 Å². The number of thioether (sulfide) groups is 1. The highest BCUT2D eigenvalue weighted by molar-refractivity contribution is 8.07. The molecule has 19 heavy (non-hydrogen) atoms. The van der Waals surface area contributed by atoms with Crippen LogP contribution < -0.4 is 5.63 Å². The number of fused-ring (bicyclic) bond motifs is 1. The maximum Gasteiger partial charge on any atom is 0.336 e. The fraction of sp³-hybridized carbons (Fsp3) is 0.267. The molecule has 1 aromatic carbocycles. The van der Waals surface area contributed by atoms with Crippen molar-refractivity contribution < 1.29 is 9.52 Å². The van der Waals surface area contributed by atoms with Gasteiger partial charge in [0.05, 0.1) is 0 Å². The molecule has 0 spiro atoms. The summed E-state index contributed by atoms with van der Waals surface area (Å²) in [6.45, 7) is 4.15. The van der Waals surface area contributed by atoms with Gasteiger partial charge in [-0.2, -0.15) is 0 Å². The summed E-state index contributed by atoms with van der Waals surface area (Å²) >= 11 is 1.62. The lowest BCUT2D eigenvalue weighted by atomic mass is 10.1. The Morgan fingerprint density at radius 2 is 2.11 bits per heavy atom. The Balaban J connectivity index is 2.83. The van der Waals surface area contributed by atoms with Gasteiger partial charge in [0.1, 0.15) is 11.3 Å². The van der Waals surface area contributed by atoms with E-state index in [-0.39, 0.29) is 5.75 Å². The van der Waals surface area contributed by atoms with E-state index in [1.807, 2.05) is 6.26 Å². The lowest BCUT2D eigenvalue weighted by Gasteiger charge is -2.11. The Morgan fingerprint density at radius 3 is 2.74 bits per heavy atom. The van der Waals surface area contributed by atoms with Gasteiger partial charge >= 0.3 is 5.63 Å². The third kappa shape index (κ3) is 2.68. The van der Waals surface area contributed by atoms with E-state index in [1.54, 1.807) is 23.9 Å². The highest BCUT2D eigenvalue weighted by atomic mass is 32.2. The highest BCUT2D eigenvalue weighted by Gasteiger charge is 2.12. The molecule has 2 rings (SSSR count). The Labute approximate surface area is 115 Å². The highest BCUT2D eigenvalue weighted by Crippen LogP contribution is 2.34. The molecule has 0 aliphatic carbocycles. The molecule has 3 nitrogen and oxygen atoms in total. The summed E-state index contributed by atoms with van der Waals surface area (Å²) in [6.07, 6.45) is 2.92. The number of aromatic hydroxyl groups is 1. The summed E-state index contributed by atoms with van der Waals surface area (Å²) in [4.78, 5) is 12.8. The van der Waals surface area contributed by atoms with Crippen LogP contribution in [0.4, 0.5) is 0 Å². The summed E-state index contributed by atoms with van der Waals surface area (Å²) in [5.41, 5.74) is 2.12. The molecule has 0 saturated carbocycles. The molecule has 1 heterocycles. The molecule has 1 N–H and O–H groups in total. The van der Waals surface area contributed by atoms with Crippen molar-refractivity contribution in [2.24, 2.45) is 0 Å². The maximum absolute atomic E-state index is 11.7. The van der Waals surface area contributed by atoms with Crippen molar-refractivity contribution in [2.75, 3.05) is 6.26 Å². The smallest absolute Gasteiger partial charge is 0.336 e. The van der Waals surface area contributed by atoms with Crippen molar-refractivity contribution in [3.05, 3.63) is 45.8 Å². The normalized spacial score (nSPS) is 12.6. The molecule has 2 aromatic rings. The summed E-state index contributed by atoms with van der Waals surface area (Å²) in [6, 6.07) is 6.37. The lowest BCUT2D eigenvalue weighted by Crippen LogP contribution is -2.00. The number of benzene rings is 1. The minimum absolute atomic E-state index is 0.0923. The second-order valence-corrected chi connectivity index (χ2v) is 5.14. The van der Waals surface area contributed by atoms with Crippen LogP contribution >= 0.6 is 11.8 Å². The van der Waals surface area contributed by atoms with E-state index >= 15 is 0 Å². The molecule has 0 radical (unpaired) electrons. The zero-order chi connectivity index (χ0) is 14.0. The number of phenolic OH excluding ortho intramolecular Hbond substituents is 1. The van der Waals surface area contributed by atoms with Crippen molar-refractivity contribution >= 4 is 27.6 Å². The molecule has 0 saturated heterocycles. The molecule has 100 valence electrons. The molecule has 0 bridgehead atoms. The van der Waals surface area contributed by atoms with Crippen LogP contribution in [0, 0.1) is 0 Å². The first kappa shape index (κ1) is 13.7.